The highest BCUT2D eigenvalue weighted by molar-refractivity contribution is 7.99. The number of hydrogen-bond acceptors (Lipinski definition) is 4. The van der Waals surface area contributed by atoms with Crippen LogP contribution in [0.25, 0.3) is 0 Å². The molecule has 5 nitrogen and oxygen atoms in total. The molecule has 0 bridgehead atoms. The fourth-order valence-corrected chi connectivity index (χ4v) is 3.85. The van der Waals surface area contributed by atoms with Crippen LogP contribution in [0.5, 0.6) is 11.5 Å². The molecule has 0 aliphatic carbocycles. The Kier molecular flexibility index (Phi) is 5.15. The molecule has 1 saturated heterocycles. The van der Waals surface area contributed by atoms with Crippen LogP contribution in [0.1, 0.15) is 10.9 Å². The predicted octanol–water partition coefficient (Wildman–Crippen LogP) is 3.98. The number of carbonyl (C=O) groups is 1. The number of nitrogens with one attached hydrogen (secondary N) is 1. The van der Waals surface area contributed by atoms with Crippen molar-refractivity contribution in [2.45, 2.75) is 5.37 Å². The van der Waals surface area contributed by atoms with Gasteiger partial charge in [0.05, 0.1) is 14.2 Å². The third-order valence-corrected chi connectivity index (χ3v) is 5.15. The zero-order chi connectivity index (χ0) is 16.9. The first-order chi connectivity index (χ1) is 11.7. The first-order valence-corrected chi connectivity index (χ1v) is 8.73. The highest BCUT2D eigenvalue weighted by Crippen LogP contribution is 2.38. The number of urea groups is 1. The molecule has 2 amide bonds. The van der Waals surface area contributed by atoms with Crippen LogP contribution < -0.4 is 14.8 Å². The summed E-state index contributed by atoms with van der Waals surface area (Å²) in [7, 11) is 3.27. The summed E-state index contributed by atoms with van der Waals surface area (Å²) in [5.74, 6) is 2.50. The van der Waals surface area contributed by atoms with Crippen molar-refractivity contribution in [2.24, 2.45) is 0 Å². The number of anilines is 1. The summed E-state index contributed by atoms with van der Waals surface area (Å²) < 4.78 is 10.3. The standard InChI is InChI=1S/C18H20N2O3S/c1-22-15-7-3-13(4-8-15)17-20(11-12-24-17)18(21)19-14-5-9-16(23-2)10-6-14/h3-10,17H,11-12H2,1-2H3,(H,19,21)/t17-/m0/s1. The van der Waals surface area contributed by atoms with E-state index in [1.165, 1.54) is 0 Å². The summed E-state index contributed by atoms with van der Waals surface area (Å²) in [6.45, 7) is 0.726. The van der Waals surface area contributed by atoms with Crippen molar-refractivity contribution >= 4 is 23.5 Å². The minimum atomic E-state index is -0.0917. The van der Waals surface area contributed by atoms with Crippen LogP contribution in [-0.2, 0) is 0 Å². The topological polar surface area (TPSA) is 50.8 Å². The lowest BCUT2D eigenvalue weighted by Gasteiger charge is -2.24. The highest BCUT2D eigenvalue weighted by atomic mass is 32.2. The van der Waals surface area contributed by atoms with Gasteiger partial charge in [-0.2, -0.15) is 0 Å². The van der Waals surface area contributed by atoms with Crippen LogP contribution in [0.2, 0.25) is 0 Å². The van der Waals surface area contributed by atoms with E-state index >= 15 is 0 Å². The van der Waals surface area contributed by atoms with Gasteiger partial charge >= 0.3 is 6.03 Å². The van der Waals surface area contributed by atoms with E-state index < -0.39 is 0 Å². The fourth-order valence-electron chi connectivity index (χ4n) is 2.59. The lowest BCUT2D eigenvalue weighted by atomic mass is 10.2. The van der Waals surface area contributed by atoms with Gasteiger partial charge in [0, 0.05) is 18.0 Å². The van der Waals surface area contributed by atoms with E-state index in [9.17, 15) is 4.79 Å². The number of rotatable bonds is 4. The van der Waals surface area contributed by atoms with Gasteiger partial charge in [0.2, 0.25) is 0 Å². The van der Waals surface area contributed by atoms with Crippen LogP contribution in [0.4, 0.5) is 10.5 Å². The molecule has 0 saturated carbocycles. The number of ether oxygens (including phenoxy) is 2. The smallest absolute Gasteiger partial charge is 0.323 e. The van der Waals surface area contributed by atoms with Crippen molar-refractivity contribution in [1.82, 2.24) is 4.90 Å². The average molecular weight is 344 g/mol. The Morgan fingerprint density at radius 1 is 1.04 bits per heavy atom. The molecule has 1 N–H and O–H groups in total. The van der Waals surface area contributed by atoms with Crippen LogP contribution in [0, 0.1) is 0 Å². The third kappa shape index (κ3) is 3.59. The van der Waals surface area contributed by atoms with E-state index in [2.05, 4.69) is 5.32 Å². The molecule has 3 rings (SSSR count). The van der Waals surface area contributed by atoms with E-state index in [1.807, 2.05) is 53.4 Å². The zero-order valence-electron chi connectivity index (χ0n) is 13.7. The Morgan fingerprint density at radius 3 is 2.21 bits per heavy atom. The second-order valence-corrected chi connectivity index (χ2v) is 6.54. The Hall–Kier alpha value is -2.34. The predicted molar refractivity (Wildman–Crippen MR) is 96.9 cm³/mol. The monoisotopic (exact) mass is 344 g/mol. The van der Waals surface area contributed by atoms with Crippen molar-refractivity contribution in [3.05, 3.63) is 54.1 Å². The molecule has 1 aliphatic heterocycles. The van der Waals surface area contributed by atoms with Crippen LogP contribution in [0.15, 0.2) is 48.5 Å². The normalized spacial score (nSPS) is 16.8. The van der Waals surface area contributed by atoms with Crippen molar-refractivity contribution in [3.63, 3.8) is 0 Å². The van der Waals surface area contributed by atoms with Crippen molar-refractivity contribution in [2.75, 3.05) is 31.8 Å². The molecule has 2 aromatic rings. The second kappa shape index (κ2) is 7.49. The molecule has 0 aromatic heterocycles. The van der Waals surface area contributed by atoms with Crippen LogP contribution in [0.3, 0.4) is 0 Å². The maximum atomic E-state index is 12.6. The maximum Gasteiger partial charge on any atom is 0.323 e. The number of thioether (sulfide) groups is 1. The van der Waals surface area contributed by atoms with Crippen LogP contribution >= 0.6 is 11.8 Å². The molecule has 1 aliphatic rings. The minimum absolute atomic E-state index is 0.0224. The van der Waals surface area contributed by atoms with Gasteiger partial charge in [-0.25, -0.2) is 4.79 Å². The molecule has 126 valence electrons. The average Bonchev–Trinajstić information content (AvgIpc) is 3.12. The van der Waals surface area contributed by atoms with Gasteiger partial charge in [0.25, 0.3) is 0 Å². The number of methoxy groups -OCH3 is 2. The molecule has 0 spiro atoms. The van der Waals surface area contributed by atoms with E-state index in [4.69, 9.17) is 9.47 Å². The highest BCUT2D eigenvalue weighted by Gasteiger charge is 2.30. The summed E-state index contributed by atoms with van der Waals surface area (Å²) >= 11 is 1.77. The molecule has 2 aromatic carbocycles. The van der Waals surface area contributed by atoms with E-state index in [-0.39, 0.29) is 11.4 Å². The molecule has 24 heavy (non-hydrogen) atoms. The Balaban J connectivity index is 1.70. The second-order valence-electron chi connectivity index (χ2n) is 5.35. The molecular weight excluding hydrogens is 324 g/mol. The molecule has 0 unspecified atom stereocenters. The van der Waals surface area contributed by atoms with Gasteiger partial charge in [0.1, 0.15) is 16.9 Å². The minimum Gasteiger partial charge on any atom is -0.497 e. The molecule has 1 heterocycles. The zero-order valence-corrected chi connectivity index (χ0v) is 14.5. The number of nitrogens with zero attached hydrogens (tertiary/aromatic N) is 1. The van der Waals surface area contributed by atoms with Gasteiger partial charge in [-0.05, 0) is 42.0 Å². The largest absolute Gasteiger partial charge is 0.497 e. The van der Waals surface area contributed by atoms with E-state index in [1.54, 1.807) is 26.0 Å². The lowest BCUT2D eigenvalue weighted by Crippen LogP contribution is -2.34. The van der Waals surface area contributed by atoms with Crippen LogP contribution in [-0.4, -0.2) is 37.4 Å². The lowest BCUT2D eigenvalue weighted by molar-refractivity contribution is 0.214. The van der Waals surface area contributed by atoms with Gasteiger partial charge in [0.15, 0.2) is 0 Å². The summed E-state index contributed by atoms with van der Waals surface area (Å²) in [5, 5.41) is 2.97. The number of benzene rings is 2. The molecule has 0 radical (unpaired) electrons. The first kappa shape index (κ1) is 16.5. The van der Waals surface area contributed by atoms with Gasteiger partial charge in [-0.3, -0.25) is 0 Å². The molecule has 6 heteroatoms. The molecule has 1 atom stereocenters. The molecular formula is C18H20N2O3S. The van der Waals surface area contributed by atoms with Gasteiger partial charge in [-0.1, -0.05) is 12.1 Å². The summed E-state index contributed by atoms with van der Waals surface area (Å²) in [6, 6.07) is 15.1. The van der Waals surface area contributed by atoms with Gasteiger partial charge in [-0.15, -0.1) is 11.8 Å². The number of amides is 2. The SMILES string of the molecule is COc1ccc(NC(=O)N2CCS[C@H]2c2ccc(OC)cc2)cc1. The fraction of sp³-hybridized carbons (Fsp3) is 0.278. The number of carbonyl (C=O) groups excluding carboxylic acids is 1. The quantitative estimate of drug-likeness (QED) is 0.911. The van der Waals surface area contributed by atoms with E-state index in [0.717, 1.165) is 35.0 Å². The summed E-state index contributed by atoms with van der Waals surface area (Å²) in [4.78, 5) is 14.5. The third-order valence-electron chi connectivity index (χ3n) is 3.89. The molecule has 1 fully saturated rings. The van der Waals surface area contributed by atoms with Gasteiger partial charge < -0.3 is 19.7 Å². The first-order valence-electron chi connectivity index (χ1n) is 7.68. The number of hydrogen-bond donors (Lipinski definition) is 1. The Labute approximate surface area is 145 Å². The summed E-state index contributed by atoms with van der Waals surface area (Å²) in [5.41, 5.74) is 1.86. The van der Waals surface area contributed by atoms with Crippen molar-refractivity contribution < 1.29 is 14.3 Å². The Bertz CT molecular complexity index is 688. The summed E-state index contributed by atoms with van der Waals surface area (Å²) in [6.07, 6.45) is 0. The maximum absolute atomic E-state index is 12.6. The van der Waals surface area contributed by atoms with E-state index in [0.29, 0.717) is 0 Å². The van der Waals surface area contributed by atoms with Crippen molar-refractivity contribution in [1.29, 1.82) is 0 Å². The Morgan fingerprint density at radius 2 is 1.62 bits per heavy atom. The van der Waals surface area contributed by atoms with Crippen molar-refractivity contribution in [3.8, 4) is 11.5 Å².